The molecule has 0 N–H and O–H groups in total. The molecular formula is C14H17F2NO2. The van der Waals surface area contributed by atoms with E-state index in [4.69, 9.17) is 4.74 Å². The van der Waals surface area contributed by atoms with Gasteiger partial charge in [0.15, 0.2) is 5.78 Å². The summed E-state index contributed by atoms with van der Waals surface area (Å²) in [7, 11) is 1.82. The molecule has 3 nitrogen and oxygen atoms in total. The molecule has 0 atom stereocenters. The number of carbonyl (C=O) groups is 1. The van der Waals surface area contributed by atoms with Gasteiger partial charge in [0, 0.05) is 19.3 Å². The van der Waals surface area contributed by atoms with Crippen molar-refractivity contribution in [3.63, 3.8) is 0 Å². The minimum Gasteiger partial charge on any atom is -0.381 e. The van der Waals surface area contributed by atoms with Crippen LogP contribution in [0.3, 0.4) is 0 Å². The summed E-state index contributed by atoms with van der Waals surface area (Å²) in [5.74, 6) is -1.67. The van der Waals surface area contributed by atoms with Crippen molar-refractivity contribution in [3.05, 3.63) is 35.4 Å². The molecule has 1 aliphatic heterocycles. The highest BCUT2D eigenvalue weighted by atomic mass is 19.1. The number of Topliss-reactive ketones (excluding diaryl/α,β-unsaturated/α-hetero) is 1. The molecule has 1 fully saturated rings. The van der Waals surface area contributed by atoms with Gasteiger partial charge in [-0.15, -0.1) is 0 Å². The van der Waals surface area contributed by atoms with Gasteiger partial charge in [0.05, 0.1) is 12.1 Å². The third-order valence-corrected chi connectivity index (χ3v) is 3.44. The lowest BCUT2D eigenvalue weighted by molar-refractivity contribution is 0.0418. The number of nitrogens with zero attached hydrogens (tertiary/aromatic N) is 1. The van der Waals surface area contributed by atoms with Gasteiger partial charge in [0.2, 0.25) is 0 Å². The van der Waals surface area contributed by atoms with Crippen LogP contribution in [0.5, 0.6) is 0 Å². The average molecular weight is 269 g/mol. The first-order chi connectivity index (χ1) is 9.08. The molecule has 1 aliphatic rings. The quantitative estimate of drug-likeness (QED) is 0.785. The average Bonchev–Trinajstić information content (AvgIpc) is 2.42. The zero-order chi connectivity index (χ0) is 13.8. The maximum absolute atomic E-state index is 13.5. The van der Waals surface area contributed by atoms with Crippen LogP contribution in [0, 0.1) is 11.6 Å². The molecule has 2 rings (SSSR count). The first-order valence-electron chi connectivity index (χ1n) is 6.34. The maximum Gasteiger partial charge on any atom is 0.179 e. The van der Waals surface area contributed by atoms with Gasteiger partial charge in [-0.3, -0.25) is 9.69 Å². The lowest BCUT2D eigenvalue weighted by Gasteiger charge is -2.30. The van der Waals surface area contributed by atoms with E-state index in [0.717, 1.165) is 31.0 Å². The van der Waals surface area contributed by atoms with Crippen LogP contribution in [0.1, 0.15) is 23.2 Å². The summed E-state index contributed by atoms with van der Waals surface area (Å²) in [6.07, 6.45) is 1.71. The number of benzene rings is 1. The van der Waals surface area contributed by atoms with Crippen LogP contribution < -0.4 is 0 Å². The molecule has 0 aliphatic carbocycles. The Balaban J connectivity index is 2.01. The van der Waals surface area contributed by atoms with E-state index < -0.39 is 17.4 Å². The van der Waals surface area contributed by atoms with E-state index in [-0.39, 0.29) is 18.2 Å². The van der Waals surface area contributed by atoms with Crippen LogP contribution in [0.4, 0.5) is 8.78 Å². The zero-order valence-corrected chi connectivity index (χ0v) is 10.9. The van der Waals surface area contributed by atoms with Gasteiger partial charge in [-0.1, -0.05) is 0 Å². The van der Waals surface area contributed by atoms with Crippen LogP contribution in [0.2, 0.25) is 0 Å². The van der Waals surface area contributed by atoms with Crippen molar-refractivity contribution in [3.8, 4) is 0 Å². The van der Waals surface area contributed by atoms with E-state index in [1.54, 1.807) is 0 Å². The maximum atomic E-state index is 13.5. The number of hydrogen-bond acceptors (Lipinski definition) is 3. The minimum absolute atomic E-state index is 0.0883. The van der Waals surface area contributed by atoms with Crippen LogP contribution >= 0.6 is 0 Å². The van der Waals surface area contributed by atoms with Crippen molar-refractivity contribution < 1.29 is 18.3 Å². The molecule has 1 aromatic carbocycles. The predicted molar refractivity (Wildman–Crippen MR) is 67.2 cm³/mol. The third kappa shape index (κ3) is 3.58. The Morgan fingerprint density at radius 3 is 2.74 bits per heavy atom. The van der Waals surface area contributed by atoms with E-state index in [0.29, 0.717) is 13.2 Å². The van der Waals surface area contributed by atoms with Crippen molar-refractivity contribution >= 4 is 5.78 Å². The fourth-order valence-electron chi connectivity index (χ4n) is 2.28. The molecule has 0 spiro atoms. The fraction of sp³-hybridized carbons (Fsp3) is 0.500. The van der Waals surface area contributed by atoms with E-state index in [9.17, 15) is 13.6 Å². The smallest absolute Gasteiger partial charge is 0.179 e. The number of carbonyl (C=O) groups excluding carboxylic acids is 1. The van der Waals surface area contributed by atoms with Gasteiger partial charge in [-0.2, -0.15) is 0 Å². The summed E-state index contributed by atoms with van der Waals surface area (Å²) >= 11 is 0. The molecule has 1 heterocycles. The van der Waals surface area contributed by atoms with Crippen LogP contribution in [-0.2, 0) is 4.74 Å². The van der Waals surface area contributed by atoms with E-state index in [2.05, 4.69) is 0 Å². The van der Waals surface area contributed by atoms with Crippen molar-refractivity contribution in [2.24, 2.45) is 0 Å². The summed E-state index contributed by atoms with van der Waals surface area (Å²) in [6.45, 7) is 1.44. The second kappa shape index (κ2) is 6.21. The van der Waals surface area contributed by atoms with Crippen LogP contribution in [-0.4, -0.2) is 43.5 Å². The summed E-state index contributed by atoms with van der Waals surface area (Å²) in [6, 6.07) is 3.20. The van der Waals surface area contributed by atoms with E-state index in [1.807, 2.05) is 11.9 Å². The normalized spacial score (nSPS) is 16.8. The summed E-state index contributed by atoms with van der Waals surface area (Å²) in [4.78, 5) is 13.9. The van der Waals surface area contributed by atoms with Gasteiger partial charge in [0.1, 0.15) is 11.6 Å². The number of rotatable bonds is 4. The monoisotopic (exact) mass is 269 g/mol. The molecule has 0 saturated carbocycles. The second-order valence-electron chi connectivity index (χ2n) is 4.81. The Kier molecular flexibility index (Phi) is 4.61. The Labute approximate surface area is 111 Å². The molecule has 1 aromatic rings. The Bertz CT molecular complexity index is 459. The SMILES string of the molecule is CN(CC(=O)c1cc(F)ccc1F)C1CCOCC1. The van der Waals surface area contributed by atoms with Crippen LogP contribution in [0.25, 0.3) is 0 Å². The number of hydrogen-bond donors (Lipinski definition) is 0. The largest absolute Gasteiger partial charge is 0.381 e. The molecule has 0 amide bonds. The van der Waals surface area contributed by atoms with Gasteiger partial charge in [-0.25, -0.2) is 8.78 Å². The first-order valence-corrected chi connectivity index (χ1v) is 6.34. The van der Waals surface area contributed by atoms with Gasteiger partial charge < -0.3 is 4.74 Å². The summed E-state index contributed by atoms with van der Waals surface area (Å²) < 4.78 is 31.8. The van der Waals surface area contributed by atoms with Crippen molar-refractivity contribution in [2.75, 3.05) is 26.8 Å². The van der Waals surface area contributed by atoms with E-state index in [1.165, 1.54) is 0 Å². The molecule has 0 radical (unpaired) electrons. The lowest BCUT2D eigenvalue weighted by Crippen LogP contribution is -2.39. The molecule has 19 heavy (non-hydrogen) atoms. The highest BCUT2D eigenvalue weighted by Gasteiger charge is 2.22. The Hall–Kier alpha value is -1.33. The number of likely N-dealkylation sites (N-methyl/N-ethyl adjacent to an activating group) is 1. The van der Waals surface area contributed by atoms with Crippen LogP contribution in [0.15, 0.2) is 18.2 Å². The van der Waals surface area contributed by atoms with Gasteiger partial charge in [0.25, 0.3) is 0 Å². The lowest BCUT2D eigenvalue weighted by atomic mass is 10.1. The molecule has 0 aromatic heterocycles. The fourth-order valence-corrected chi connectivity index (χ4v) is 2.28. The van der Waals surface area contributed by atoms with Crippen molar-refractivity contribution in [1.29, 1.82) is 0 Å². The topological polar surface area (TPSA) is 29.5 Å². The second-order valence-corrected chi connectivity index (χ2v) is 4.81. The third-order valence-electron chi connectivity index (χ3n) is 3.44. The molecule has 0 bridgehead atoms. The minimum atomic E-state index is -0.674. The highest BCUT2D eigenvalue weighted by Crippen LogP contribution is 2.15. The Morgan fingerprint density at radius 2 is 2.05 bits per heavy atom. The molecule has 104 valence electrons. The first kappa shape index (κ1) is 14.1. The number of halogens is 2. The summed E-state index contributed by atoms with van der Waals surface area (Å²) in [5.41, 5.74) is -0.182. The molecular weight excluding hydrogens is 252 g/mol. The predicted octanol–water partition coefficient (Wildman–Crippen LogP) is 2.26. The van der Waals surface area contributed by atoms with Gasteiger partial charge in [-0.05, 0) is 38.1 Å². The molecule has 0 unspecified atom stereocenters. The van der Waals surface area contributed by atoms with Crippen molar-refractivity contribution in [2.45, 2.75) is 18.9 Å². The van der Waals surface area contributed by atoms with E-state index >= 15 is 0 Å². The highest BCUT2D eigenvalue weighted by molar-refractivity contribution is 5.97. The zero-order valence-electron chi connectivity index (χ0n) is 10.9. The number of ether oxygens (including phenoxy) is 1. The Morgan fingerprint density at radius 1 is 1.37 bits per heavy atom. The standard InChI is InChI=1S/C14H17F2NO2/c1-17(11-4-6-19-7-5-11)9-14(18)12-8-10(15)2-3-13(12)16/h2-3,8,11H,4-7,9H2,1H3. The summed E-state index contributed by atoms with van der Waals surface area (Å²) in [5, 5.41) is 0. The number of ketones is 1. The molecule has 5 heteroatoms. The van der Waals surface area contributed by atoms with Crippen molar-refractivity contribution in [1.82, 2.24) is 4.90 Å². The van der Waals surface area contributed by atoms with Gasteiger partial charge >= 0.3 is 0 Å². The molecule has 1 saturated heterocycles.